The molecule has 2 heterocycles. The van der Waals surface area contributed by atoms with E-state index in [2.05, 4.69) is 0 Å². The van der Waals surface area contributed by atoms with E-state index in [0.717, 1.165) is 0 Å². The summed E-state index contributed by atoms with van der Waals surface area (Å²) in [6, 6.07) is 3.91. The van der Waals surface area contributed by atoms with Crippen LogP contribution in [0.25, 0.3) is 0 Å². The molecule has 1 aromatic carbocycles. The van der Waals surface area contributed by atoms with E-state index in [1.54, 1.807) is 4.90 Å². The first kappa shape index (κ1) is 15.7. The van der Waals surface area contributed by atoms with Crippen molar-refractivity contribution in [1.82, 2.24) is 4.90 Å². The summed E-state index contributed by atoms with van der Waals surface area (Å²) in [4.78, 5) is 16.1. The molecule has 2 aliphatic heterocycles. The molecule has 0 unspecified atom stereocenters. The number of carbonyl (C=O) groups excluding carboxylic acids is 1. The molecule has 120 valence electrons. The van der Waals surface area contributed by atoms with Crippen molar-refractivity contribution in [3.05, 3.63) is 29.0 Å². The van der Waals surface area contributed by atoms with Gasteiger partial charge in [0.1, 0.15) is 5.82 Å². The molecule has 2 aliphatic rings. The molecule has 2 fully saturated rings. The highest BCUT2D eigenvalue weighted by atomic mass is 35.5. The largest absolute Gasteiger partial charge is 0.311 e. The van der Waals surface area contributed by atoms with E-state index in [1.165, 1.54) is 18.2 Å². The number of hydrogen-bond donors (Lipinski definition) is 0. The molecule has 5 nitrogen and oxygen atoms in total. The smallest absolute Gasteiger partial charge is 0.244 e. The Labute approximate surface area is 133 Å². The molecule has 0 bridgehead atoms. The summed E-state index contributed by atoms with van der Waals surface area (Å²) in [6.45, 7) is 1.29. The monoisotopic (exact) mass is 346 g/mol. The molecule has 3 rings (SSSR count). The lowest BCUT2D eigenvalue weighted by molar-refractivity contribution is -0.121. The maximum Gasteiger partial charge on any atom is 0.244 e. The number of carbonyl (C=O) groups is 1. The molecule has 0 aliphatic carbocycles. The molecular formula is C14H16ClFN2O3S. The fourth-order valence-electron chi connectivity index (χ4n) is 2.95. The lowest BCUT2D eigenvalue weighted by Crippen LogP contribution is -2.49. The Hall–Kier alpha value is -1.18. The van der Waals surface area contributed by atoms with Gasteiger partial charge in [-0.25, -0.2) is 12.8 Å². The Morgan fingerprint density at radius 1 is 1.18 bits per heavy atom. The summed E-state index contributed by atoms with van der Waals surface area (Å²) in [5, 5.41) is -0.0159. The number of nitrogens with zero attached hydrogens (tertiary/aromatic N) is 2. The number of anilines is 1. The first-order valence-electron chi connectivity index (χ1n) is 7.08. The number of rotatable bonds is 2. The number of benzene rings is 1. The minimum Gasteiger partial charge on any atom is -0.311 e. The summed E-state index contributed by atoms with van der Waals surface area (Å²) in [5.41, 5.74) is 0.573. The SMILES string of the molecule is O=C1[C@H](N2CCS(=O)(=O)CC2)CCN1c1ccc(F)c(Cl)c1. The number of hydrogen-bond acceptors (Lipinski definition) is 4. The molecular weight excluding hydrogens is 331 g/mol. The first-order valence-corrected chi connectivity index (χ1v) is 9.28. The molecule has 0 aromatic heterocycles. The van der Waals surface area contributed by atoms with Crippen molar-refractivity contribution < 1.29 is 17.6 Å². The molecule has 1 atom stereocenters. The van der Waals surface area contributed by atoms with Gasteiger partial charge in [-0.15, -0.1) is 0 Å². The normalized spacial score (nSPS) is 25.6. The van der Waals surface area contributed by atoms with Crippen molar-refractivity contribution in [2.24, 2.45) is 0 Å². The average molecular weight is 347 g/mol. The van der Waals surface area contributed by atoms with Gasteiger partial charge in [0, 0.05) is 25.3 Å². The third kappa shape index (κ3) is 2.98. The standard InChI is InChI=1S/C14H16ClFN2O3S/c15-11-9-10(1-2-12(11)16)18-4-3-13(14(18)19)17-5-7-22(20,21)8-6-17/h1-2,9,13H,3-8H2/t13-/m1/s1. The van der Waals surface area contributed by atoms with Crippen LogP contribution in [0.4, 0.5) is 10.1 Å². The maximum atomic E-state index is 13.2. The van der Waals surface area contributed by atoms with Crippen molar-refractivity contribution in [3.63, 3.8) is 0 Å². The van der Waals surface area contributed by atoms with Crippen LogP contribution in [0.3, 0.4) is 0 Å². The van der Waals surface area contributed by atoms with Crippen molar-refractivity contribution in [2.45, 2.75) is 12.5 Å². The Bertz CT molecular complexity index is 696. The third-order valence-corrected chi connectivity index (χ3v) is 6.11. The van der Waals surface area contributed by atoms with Gasteiger partial charge in [-0.3, -0.25) is 9.69 Å². The Morgan fingerprint density at radius 2 is 1.86 bits per heavy atom. The number of sulfone groups is 1. The van der Waals surface area contributed by atoms with Crippen LogP contribution < -0.4 is 4.90 Å². The first-order chi connectivity index (χ1) is 10.4. The lowest BCUT2D eigenvalue weighted by atomic mass is 10.2. The van der Waals surface area contributed by atoms with Crippen molar-refractivity contribution in [3.8, 4) is 0 Å². The van der Waals surface area contributed by atoms with Gasteiger partial charge in [-0.05, 0) is 24.6 Å². The molecule has 2 saturated heterocycles. The Morgan fingerprint density at radius 3 is 2.50 bits per heavy atom. The maximum absolute atomic E-state index is 13.2. The fraction of sp³-hybridized carbons (Fsp3) is 0.500. The van der Waals surface area contributed by atoms with Crippen LogP contribution in [-0.2, 0) is 14.6 Å². The zero-order chi connectivity index (χ0) is 15.9. The molecule has 22 heavy (non-hydrogen) atoms. The van der Waals surface area contributed by atoms with Gasteiger partial charge in [0.15, 0.2) is 9.84 Å². The van der Waals surface area contributed by atoms with Crippen LogP contribution in [-0.4, -0.2) is 56.4 Å². The number of halogens is 2. The minimum atomic E-state index is -2.96. The van der Waals surface area contributed by atoms with Gasteiger partial charge in [-0.2, -0.15) is 0 Å². The molecule has 1 amide bonds. The summed E-state index contributed by atoms with van der Waals surface area (Å²) in [7, 11) is -2.96. The van der Waals surface area contributed by atoms with Crippen molar-refractivity contribution in [2.75, 3.05) is 36.0 Å². The molecule has 0 N–H and O–H groups in total. The van der Waals surface area contributed by atoms with E-state index < -0.39 is 15.7 Å². The van der Waals surface area contributed by atoms with Crippen LogP contribution in [0, 0.1) is 5.82 Å². The van der Waals surface area contributed by atoms with E-state index in [0.29, 0.717) is 31.7 Å². The fourth-order valence-corrected chi connectivity index (χ4v) is 4.36. The zero-order valence-electron chi connectivity index (χ0n) is 11.8. The minimum absolute atomic E-state index is 0.0159. The van der Waals surface area contributed by atoms with Gasteiger partial charge in [0.05, 0.1) is 22.6 Å². The highest BCUT2D eigenvalue weighted by Gasteiger charge is 2.38. The van der Waals surface area contributed by atoms with Gasteiger partial charge in [0.2, 0.25) is 5.91 Å². The van der Waals surface area contributed by atoms with Gasteiger partial charge < -0.3 is 4.90 Å². The predicted molar refractivity (Wildman–Crippen MR) is 82.4 cm³/mol. The second-order valence-electron chi connectivity index (χ2n) is 5.58. The Kier molecular flexibility index (Phi) is 4.13. The summed E-state index contributed by atoms with van der Waals surface area (Å²) < 4.78 is 36.2. The molecule has 1 aromatic rings. The van der Waals surface area contributed by atoms with Gasteiger partial charge in [0.25, 0.3) is 0 Å². The average Bonchev–Trinajstić information content (AvgIpc) is 2.84. The third-order valence-electron chi connectivity index (χ3n) is 4.21. The molecule has 0 radical (unpaired) electrons. The summed E-state index contributed by atoms with van der Waals surface area (Å²) in [5.74, 6) is -0.407. The lowest BCUT2D eigenvalue weighted by Gasteiger charge is -2.31. The Balaban J connectivity index is 1.73. The van der Waals surface area contributed by atoms with Crippen molar-refractivity contribution >= 4 is 33.0 Å². The quantitative estimate of drug-likeness (QED) is 0.810. The molecule has 0 saturated carbocycles. The summed E-state index contributed by atoms with van der Waals surface area (Å²) in [6.07, 6.45) is 0.633. The van der Waals surface area contributed by atoms with Crippen molar-refractivity contribution in [1.29, 1.82) is 0 Å². The van der Waals surface area contributed by atoms with E-state index in [-0.39, 0.29) is 28.5 Å². The van der Waals surface area contributed by atoms with Crippen LogP contribution in [0.15, 0.2) is 18.2 Å². The van der Waals surface area contributed by atoms with E-state index >= 15 is 0 Å². The van der Waals surface area contributed by atoms with Crippen LogP contribution >= 0.6 is 11.6 Å². The second-order valence-corrected chi connectivity index (χ2v) is 8.29. The van der Waals surface area contributed by atoms with E-state index in [9.17, 15) is 17.6 Å². The predicted octanol–water partition coefficient (Wildman–Crippen LogP) is 1.31. The zero-order valence-corrected chi connectivity index (χ0v) is 13.4. The van der Waals surface area contributed by atoms with E-state index in [4.69, 9.17) is 11.6 Å². The second kappa shape index (κ2) is 5.79. The van der Waals surface area contributed by atoms with E-state index in [1.807, 2.05) is 4.90 Å². The van der Waals surface area contributed by atoms with Crippen LogP contribution in [0.5, 0.6) is 0 Å². The summed E-state index contributed by atoms with van der Waals surface area (Å²) >= 11 is 5.77. The highest BCUT2D eigenvalue weighted by molar-refractivity contribution is 7.91. The van der Waals surface area contributed by atoms with Crippen LogP contribution in [0.1, 0.15) is 6.42 Å². The van der Waals surface area contributed by atoms with Gasteiger partial charge in [-0.1, -0.05) is 11.6 Å². The molecule has 8 heteroatoms. The van der Waals surface area contributed by atoms with Gasteiger partial charge >= 0.3 is 0 Å². The van der Waals surface area contributed by atoms with Crippen LogP contribution in [0.2, 0.25) is 5.02 Å². The molecule has 0 spiro atoms. The topological polar surface area (TPSA) is 57.7 Å². The highest BCUT2D eigenvalue weighted by Crippen LogP contribution is 2.28. The number of amides is 1.